The zero-order valence-electron chi connectivity index (χ0n) is 7.40. The summed E-state index contributed by atoms with van der Waals surface area (Å²) in [7, 11) is 0. The highest BCUT2D eigenvalue weighted by molar-refractivity contribution is 6.26. The van der Waals surface area contributed by atoms with Crippen LogP contribution in [0.1, 0.15) is 19.9 Å². The Labute approximate surface area is 80.6 Å². The molecule has 0 radical (unpaired) electrons. The molecule has 0 N–H and O–H groups in total. The van der Waals surface area contributed by atoms with E-state index in [0.29, 0.717) is 0 Å². The van der Waals surface area contributed by atoms with E-state index < -0.39 is 5.90 Å². The number of aliphatic imine (C=N–C) groups is 1. The van der Waals surface area contributed by atoms with E-state index in [-0.39, 0.29) is 17.8 Å². The molecule has 5 nitrogen and oxygen atoms in total. The van der Waals surface area contributed by atoms with Crippen LogP contribution in [-0.4, -0.2) is 17.0 Å². The largest absolute Gasteiger partial charge is 0.861 e. The Bertz CT molecular complexity index is 308. The number of nitrogens with zero attached hydrogens (tertiary/aromatic N) is 3. The Morgan fingerprint density at radius 3 is 3.00 bits per heavy atom. The maximum absolute atomic E-state index is 10.8. The molecule has 0 aliphatic heterocycles. The van der Waals surface area contributed by atoms with Gasteiger partial charge in [-0.05, 0) is 24.4 Å². The Balaban J connectivity index is 2.80. The molecule has 13 heavy (non-hydrogen) atoms. The normalized spacial score (nSPS) is 12.5. The Hall–Kier alpha value is -1.10. The summed E-state index contributed by atoms with van der Waals surface area (Å²) in [4.78, 5) is 3.56. The summed E-state index contributed by atoms with van der Waals surface area (Å²) in [6.45, 7) is 3.88. The molecule has 0 amide bonds. The van der Waals surface area contributed by atoms with Crippen LogP contribution in [0, 0.1) is 0 Å². The molecule has 1 rings (SSSR count). The van der Waals surface area contributed by atoms with Crippen LogP contribution in [0.2, 0.25) is 0 Å². The minimum atomic E-state index is -0.436. The van der Waals surface area contributed by atoms with Gasteiger partial charge in [0.1, 0.15) is 0 Å². The summed E-state index contributed by atoms with van der Waals surface area (Å²) < 4.78 is 6.34. The van der Waals surface area contributed by atoms with Crippen LogP contribution in [0.5, 0.6) is 0 Å². The Morgan fingerprint density at radius 1 is 1.85 bits per heavy atom. The lowest BCUT2D eigenvalue weighted by Crippen LogP contribution is -2.36. The van der Waals surface area contributed by atoms with Crippen LogP contribution >= 0.6 is 11.6 Å². The number of halogens is 1. The van der Waals surface area contributed by atoms with Gasteiger partial charge < -0.3 is 5.11 Å². The summed E-state index contributed by atoms with van der Waals surface area (Å²) in [6, 6.07) is 0.179. The average Bonchev–Trinajstić information content (AvgIpc) is 2.52. The van der Waals surface area contributed by atoms with Crippen molar-refractivity contribution < 1.29 is 14.3 Å². The minimum absolute atomic E-state index is 0.150. The average molecular weight is 204 g/mol. The molecule has 0 aromatic carbocycles. The molecule has 0 spiro atoms. The molecule has 6 heteroatoms. The van der Waals surface area contributed by atoms with Gasteiger partial charge in [0.15, 0.2) is 6.04 Å². The molecule has 0 aliphatic carbocycles. The van der Waals surface area contributed by atoms with E-state index in [4.69, 9.17) is 16.1 Å². The summed E-state index contributed by atoms with van der Waals surface area (Å²) in [5, 5.41) is 14.4. The van der Waals surface area contributed by atoms with E-state index in [1.807, 2.05) is 13.8 Å². The zero-order valence-corrected chi connectivity index (χ0v) is 8.15. The summed E-state index contributed by atoms with van der Waals surface area (Å²) in [6.07, 6.45) is 1.55. The van der Waals surface area contributed by atoms with E-state index in [1.54, 1.807) is 10.9 Å². The quantitative estimate of drug-likeness (QED) is 0.305. The van der Waals surface area contributed by atoms with Crippen molar-refractivity contribution in [3.05, 3.63) is 6.20 Å². The molecule has 0 unspecified atom stereocenters. The second-order valence-electron chi connectivity index (χ2n) is 2.75. The topological polar surface area (TPSA) is 65.3 Å². The smallest absolute Gasteiger partial charge is 0.320 e. The van der Waals surface area contributed by atoms with Crippen molar-refractivity contribution in [2.24, 2.45) is 4.99 Å². The van der Waals surface area contributed by atoms with Crippen molar-refractivity contribution in [3.8, 4) is 0 Å². The van der Waals surface area contributed by atoms with Gasteiger partial charge >= 0.3 is 5.88 Å². The third kappa shape index (κ3) is 2.69. The van der Waals surface area contributed by atoms with Crippen LogP contribution in [0.3, 0.4) is 0 Å². The fraction of sp³-hybridized carbons (Fsp3) is 0.571. The van der Waals surface area contributed by atoms with Crippen LogP contribution in [0.15, 0.2) is 15.7 Å². The molecule has 0 fully saturated rings. The second kappa shape index (κ2) is 4.23. The van der Waals surface area contributed by atoms with E-state index >= 15 is 0 Å². The van der Waals surface area contributed by atoms with E-state index in [0.717, 1.165) is 0 Å². The van der Waals surface area contributed by atoms with Gasteiger partial charge in [-0.2, -0.15) is 0 Å². The van der Waals surface area contributed by atoms with Crippen LogP contribution < -0.4 is 9.79 Å². The van der Waals surface area contributed by atoms with Gasteiger partial charge in [0, 0.05) is 0 Å². The van der Waals surface area contributed by atoms with Gasteiger partial charge in [-0.3, -0.25) is 4.52 Å². The number of hydrogen-bond donors (Lipinski definition) is 0. The van der Waals surface area contributed by atoms with E-state index in [2.05, 4.69) is 10.3 Å². The molecule has 0 saturated heterocycles. The summed E-state index contributed by atoms with van der Waals surface area (Å²) >= 11 is 5.26. The van der Waals surface area contributed by atoms with Gasteiger partial charge in [-0.1, -0.05) is 0 Å². The monoisotopic (exact) mass is 203 g/mol. The van der Waals surface area contributed by atoms with Gasteiger partial charge in [0.05, 0.1) is 5.88 Å². The van der Waals surface area contributed by atoms with Gasteiger partial charge in [-0.25, -0.2) is 4.99 Å². The van der Waals surface area contributed by atoms with Gasteiger partial charge in [0.2, 0.25) is 5.27 Å². The molecule has 0 saturated carbocycles. The molecule has 1 heterocycles. The number of hydrogen-bond acceptors (Lipinski definition) is 4. The van der Waals surface area contributed by atoms with Crippen LogP contribution in [0.25, 0.3) is 0 Å². The van der Waals surface area contributed by atoms with Crippen molar-refractivity contribution in [1.29, 1.82) is 0 Å². The first-order valence-electron chi connectivity index (χ1n) is 3.82. The fourth-order valence-corrected chi connectivity index (χ4v) is 0.754. The van der Waals surface area contributed by atoms with Gasteiger partial charge in [0.25, 0.3) is 6.20 Å². The summed E-state index contributed by atoms with van der Waals surface area (Å²) in [5.74, 6) is -0.407. The SMILES string of the molecule is CC(C)[n+]1cc(/N=C(\[O-])CCl)on1. The fourth-order valence-electron chi connectivity index (χ4n) is 0.695. The predicted molar refractivity (Wildman–Crippen MR) is 44.9 cm³/mol. The lowest BCUT2D eigenvalue weighted by Gasteiger charge is -2.00. The standard InChI is InChI=1S/C7H10ClN3O2/c1-5(2)11-4-7(13-10-11)9-6(12)3-8/h4-5H,3H2,1-2H3. The highest BCUT2D eigenvalue weighted by atomic mass is 35.5. The molecule has 1 aromatic rings. The number of rotatable bonds is 3. The lowest BCUT2D eigenvalue weighted by atomic mass is 10.4. The molecule has 72 valence electrons. The minimum Gasteiger partial charge on any atom is -0.861 e. The molecule has 0 bridgehead atoms. The molecular formula is C7H10ClN3O2. The Kier molecular flexibility index (Phi) is 3.25. The van der Waals surface area contributed by atoms with E-state index in [1.165, 1.54) is 0 Å². The third-order valence-electron chi connectivity index (χ3n) is 1.35. The first-order chi connectivity index (χ1) is 6.13. The van der Waals surface area contributed by atoms with Crippen molar-refractivity contribution in [1.82, 2.24) is 5.27 Å². The summed E-state index contributed by atoms with van der Waals surface area (Å²) in [5.41, 5.74) is 0. The maximum Gasteiger partial charge on any atom is 0.320 e. The number of alkyl halides is 1. The Morgan fingerprint density at radius 2 is 2.54 bits per heavy atom. The van der Waals surface area contributed by atoms with Crippen molar-refractivity contribution in [2.75, 3.05) is 5.88 Å². The molecule has 1 aromatic heterocycles. The van der Waals surface area contributed by atoms with Crippen molar-refractivity contribution >= 4 is 23.4 Å². The van der Waals surface area contributed by atoms with Crippen LogP contribution in [0.4, 0.5) is 5.88 Å². The van der Waals surface area contributed by atoms with E-state index in [9.17, 15) is 5.11 Å². The van der Waals surface area contributed by atoms with Crippen molar-refractivity contribution in [2.45, 2.75) is 19.9 Å². The van der Waals surface area contributed by atoms with Crippen LogP contribution in [-0.2, 0) is 0 Å². The zero-order chi connectivity index (χ0) is 9.84. The highest BCUT2D eigenvalue weighted by Crippen LogP contribution is 2.07. The predicted octanol–water partition coefficient (Wildman–Crippen LogP) is 0.172. The maximum atomic E-state index is 10.8. The highest BCUT2D eigenvalue weighted by Gasteiger charge is 2.13. The molecular weight excluding hydrogens is 194 g/mol. The first kappa shape index (κ1) is 9.98. The third-order valence-corrected chi connectivity index (χ3v) is 1.58. The van der Waals surface area contributed by atoms with Gasteiger partial charge in [-0.15, -0.1) is 11.6 Å². The van der Waals surface area contributed by atoms with Crippen molar-refractivity contribution in [3.63, 3.8) is 0 Å². The molecule has 0 aliphatic rings. The molecule has 0 atom stereocenters. The number of aromatic nitrogens is 2. The lowest BCUT2D eigenvalue weighted by molar-refractivity contribution is -0.779. The first-order valence-corrected chi connectivity index (χ1v) is 4.35. The second-order valence-corrected chi connectivity index (χ2v) is 3.02.